The Kier molecular flexibility index (Phi) is 8.24. The number of hydrogen-bond acceptors (Lipinski definition) is 1. The van der Waals surface area contributed by atoms with Gasteiger partial charge >= 0.3 is 5.97 Å². The van der Waals surface area contributed by atoms with Crippen LogP contribution < -0.4 is 0 Å². The average Bonchev–Trinajstić information content (AvgIpc) is 2.64. The van der Waals surface area contributed by atoms with Gasteiger partial charge in [-0.3, -0.25) is 4.79 Å². The summed E-state index contributed by atoms with van der Waals surface area (Å²) in [5.74, 6) is -0.339. The number of carbonyl (C=O) groups is 1. The summed E-state index contributed by atoms with van der Waals surface area (Å²) in [6.45, 7) is 2.25. The number of benzene rings is 2. The molecule has 1 unspecified atom stereocenters. The van der Waals surface area contributed by atoms with E-state index in [1.807, 2.05) is 6.07 Å². The Morgan fingerprint density at radius 2 is 1.64 bits per heavy atom. The molecule has 2 rings (SSSR count). The SMILES string of the molecule is CCCCCCCC(c1ccccc1)c1cccc(CCC(=O)O)c1. The molecule has 1 atom stereocenters. The maximum Gasteiger partial charge on any atom is 0.303 e. The molecule has 0 aliphatic heterocycles. The molecule has 0 aliphatic carbocycles. The third kappa shape index (κ3) is 6.74. The van der Waals surface area contributed by atoms with Crippen molar-refractivity contribution in [2.24, 2.45) is 0 Å². The molecule has 2 aromatic carbocycles. The van der Waals surface area contributed by atoms with Crippen molar-refractivity contribution >= 4 is 5.97 Å². The molecule has 2 nitrogen and oxygen atoms in total. The zero-order valence-corrected chi connectivity index (χ0v) is 15.3. The van der Waals surface area contributed by atoms with E-state index in [2.05, 4.69) is 55.5 Å². The van der Waals surface area contributed by atoms with Crippen molar-refractivity contribution in [1.82, 2.24) is 0 Å². The molecule has 0 aliphatic rings. The molecule has 0 radical (unpaired) electrons. The predicted molar refractivity (Wildman–Crippen MR) is 104 cm³/mol. The van der Waals surface area contributed by atoms with Crippen LogP contribution in [0.4, 0.5) is 0 Å². The third-order valence-electron chi connectivity index (χ3n) is 4.78. The maximum atomic E-state index is 10.8. The molecule has 0 spiro atoms. The van der Waals surface area contributed by atoms with Gasteiger partial charge in [0, 0.05) is 12.3 Å². The second-order valence-electron chi connectivity index (χ2n) is 6.80. The van der Waals surface area contributed by atoms with E-state index in [1.54, 1.807) is 0 Å². The van der Waals surface area contributed by atoms with Crippen molar-refractivity contribution in [3.63, 3.8) is 0 Å². The van der Waals surface area contributed by atoms with Gasteiger partial charge in [-0.1, -0.05) is 93.6 Å². The van der Waals surface area contributed by atoms with Crippen LogP contribution in [0.1, 0.15) is 74.5 Å². The summed E-state index contributed by atoms with van der Waals surface area (Å²) in [6.07, 6.45) is 8.37. The van der Waals surface area contributed by atoms with Crippen molar-refractivity contribution in [3.05, 3.63) is 71.3 Å². The number of carboxylic acids is 1. The quantitative estimate of drug-likeness (QED) is 0.495. The van der Waals surface area contributed by atoms with E-state index in [9.17, 15) is 4.79 Å². The second-order valence-corrected chi connectivity index (χ2v) is 6.80. The Balaban J connectivity index is 2.11. The van der Waals surface area contributed by atoms with Crippen molar-refractivity contribution in [2.75, 3.05) is 0 Å². The molecule has 0 bridgehead atoms. The molecule has 25 heavy (non-hydrogen) atoms. The first-order chi connectivity index (χ1) is 12.2. The largest absolute Gasteiger partial charge is 0.481 e. The smallest absolute Gasteiger partial charge is 0.303 e. The molecule has 0 amide bonds. The van der Waals surface area contributed by atoms with Gasteiger partial charge in [0.15, 0.2) is 0 Å². The number of aliphatic carboxylic acids is 1. The van der Waals surface area contributed by atoms with Gasteiger partial charge in [0.2, 0.25) is 0 Å². The third-order valence-corrected chi connectivity index (χ3v) is 4.78. The first-order valence-electron chi connectivity index (χ1n) is 9.56. The minimum absolute atomic E-state index is 0.191. The van der Waals surface area contributed by atoms with Crippen LogP contribution in [0.25, 0.3) is 0 Å². The average molecular weight is 338 g/mol. The van der Waals surface area contributed by atoms with E-state index in [4.69, 9.17) is 5.11 Å². The fraction of sp³-hybridized carbons (Fsp3) is 0.435. The Hall–Kier alpha value is -2.09. The van der Waals surface area contributed by atoms with Gasteiger partial charge in [0.1, 0.15) is 0 Å². The molecule has 0 fully saturated rings. The van der Waals surface area contributed by atoms with Crippen LogP contribution in [-0.4, -0.2) is 11.1 Å². The summed E-state index contributed by atoms with van der Waals surface area (Å²) in [7, 11) is 0. The lowest BCUT2D eigenvalue weighted by molar-refractivity contribution is -0.136. The topological polar surface area (TPSA) is 37.3 Å². The van der Waals surface area contributed by atoms with Crippen LogP contribution in [0, 0.1) is 0 Å². The second kappa shape index (κ2) is 10.7. The van der Waals surface area contributed by atoms with Crippen molar-refractivity contribution in [3.8, 4) is 0 Å². The zero-order valence-electron chi connectivity index (χ0n) is 15.3. The molecule has 0 saturated carbocycles. The molecular weight excluding hydrogens is 308 g/mol. The molecule has 0 aromatic heterocycles. The van der Waals surface area contributed by atoms with Crippen molar-refractivity contribution in [1.29, 1.82) is 0 Å². The lowest BCUT2D eigenvalue weighted by Crippen LogP contribution is -2.03. The molecule has 2 aromatic rings. The van der Waals surface area contributed by atoms with Gasteiger partial charge < -0.3 is 5.11 Å². The molecule has 1 N–H and O–H groups in total. The van der Waals surface area contributed by atoms with E-state index >= 15 is 0 Å². The predicted octanol–water partition coefficient (Wildman–Crippen LogP) is 6.20. The van der Waals surface area contributed by atoms with E-state index in [0.717, 1.165) is 12.0 Å². The first-order valence-corrected chi connectivity index (χ1v) is 9.56. The number of aryl methyl sites for hydroxylation is 1. The number of hydrogen-bond donors (Lipinski definition) is 1. The van der Waals surface area contributed by atoms with Crippen LogP contribution in [0.5, 0.6) is 0 Å². The lowest BCUT2D eigenvalue weighted by Gasteiger charge is -2.19. The highest BCUT2D eigenvalue weighted by atomic mass is 16.4. The number of carboxylic acid groups (broad SMARTS) is 1. The minimum atomic E-state index is -0.735. The minimum Gasteiger partial charge on any atom is -0.481 e. The fourth-order valence-electron chi connectivity index (χ4n) is 3.38. The lowest BCUT2D eigenvalue weighted by atomic mass is 9.85. The Bertz CT molecular complexity index is 634. The maximum absolute atomic E-state index is 10.8. The molecule has 2 heteroatoms. The Morgan fingerprint density at radius 3 is 2.36 bits per heavy atom. The fourth-order valence-corrected chi connectivity index (χ4v) is 3.38. The Labute approximate surface area is 151 Å². The van der Waals surface area contributed by atoms with Gasteiger partial charge in [-0.25, -0.2) is 0 Å². The van der Waals surface area contributed by atoms with E-state index in [1.165, 1.54) is 43.2 Å². The number of rotatable bonds is 11. The summed E-state index contributed by atoms with van der Waals surface area (Å²) in [4.78, 5) is 10.8. The molecule has 0 saturated heterocycles. The van der Waals surface area contributed by atoms with Crippen LogP contribution in [0.15, 0.2) is 54.6 Å². The van der Waals surface area contributed by atoms with Gasteiger partial charge in [-0.15, -0.1) is 0 Å². The molecule has 0 heterocycles. The zero-order chi connectivity index (χ0) is 17.9. The summed E-state index contributed by atoms with van der Waals surface area (Å²) in [5, 5.41) is 8.92. The van der Waals surface area contributed by atoms with E-state index in [0.29, 0.717) is 12.3 Å². The summed E-state index contributed by atoms with van der Waals surface area (Å²) in [6, 6.07) is 19.2. The van der Waals surface area contributed by atoms with Crippen LogP contribution >= 0.6 is 0 Å². The van der Waals surface area contributed by atoms with Gasteiger partial charge in [0.05, 0.1) is 0 Å². The van der Waals surface area contributed by atoms with Crippen LogP contribution in [0.2, 0.25) is 0 Å². The summed E-state index contributed by atoms with van der Waals surface area (Å²) in [5.41, 5.74) is 3.78. The van der Waals surface area contributed by atoms with Crippen molar-refractivity contribution in [2.45, 2.75) is 64.2 Å². The monoisotopic (exact) mass is 338 g/mol. The van der Waals surface area contributed by atoms with Gasteiger partial charge in [-0.2, -0.15) is 0 Å². The highest BCUT2D eigenvalue weighted by molar-refractivity contribution is 5.67. The normalized spacial score (nSPS) is 12.0. The van der Waals surface area contributed by atoms with Gasteiger partial charge in [0.25, 0.3) is 0 Å². The standard InChI is InChI=1S/C23H30O2/c1-2-3-4-5-9-15-22(20-12-7-6-8-13-20)21-14-10-11-19(18-21)16-17-23(24)25/h6-8,10-14,18,22H,2-5,9,15-17H2,1H3,(H,24,25). The number of unbranched alkanes of at least 4 members (excludes halogenated alkanes) is 4. The van der Waals surface area contributed by atoms with E-state index < -0.39 is 5.97 Å². The highest BCUT2D eigenvalue weighted by Crippen LogP contribution is 2.30. The van der Waals surface area contributed by atoms with Crippen molar-refractivity contribution < 1.29 is 9.90 Å². The van der Waals surface area contributed by atoms with Gasteiger partial charge in [-0.05, 0) is 29.5 Å². The highest BCUT2D eigenvalue weighted by Gasteiger charge is 2.14. The molecular formula is C23H30O2. The Morgan fingerprint density at radius 1 is 0.920 bits per heavy atom. The van der Waals surface area contributed by atoms with E-state index in [-0.39, 0.29) is 6.42 Å². The summed E-state index contributed by atoms with van der Waals surface area (Å²) >= 11 is 0. The summed E-state index contributed by atoms with van der Waals surface area (Å²) < 4.78 is 0. The molecule has 134 valence electrons. The van der Waals surface area contributed by atoms with Crippen LogP contribution in [-0.2, 0) is 11.2 Å². The van der Waals surface area contributed by atoms with Crippen LogP contribution in [0.3, 0.4) is 0 Å². The first kappa shape index (κ1) is 19.2.